The number of rotatable bonds is 2. The van der Waals surface area contributed by atoms with Gasteiger partial charge in [0.05, 0.1) is 5.37 Å². The molecule has 0 aromatic rings. The molecule has 0 amide bonds. The van der Waals surface area contributed by atoms with Gasteiger partial charge in [-0.15, -0.1) is 11.8 Å². The van der Waals surface area contributed by atoms with E-state index in [1.165, 1.54) is 37.9 Å². The monoisotopic (exact) mass is 213 g/mol. The molecule has 1 nitrogen and oxygen atoms in total. The second-order valence-electron chi connectivity index (χ2n) is 5.06. The van der Waals surface area contributed by atoms with Crippen molar-refractivity contribution in [3.8, 4) is 0 Å². The first-order valence-corrected chi connectivity index (χ1v) is 7.22. The van der Waals surface area contributed by atoms with Gasteiger partial charge in [0.25, 0.3) is 0 Å². The molecule has 14 heavy (non-hydrogen) atoms. The zero-order valence-electron chi connectivity index (χ0n) is 9.46. The van der Waals surface area contributed by atoms with Gasteiger partial charge in [0.15, 0.2) is 0 Å². The second-order valence-corrected chi connectivity index (χ2v) is 6.23. The van der Waals surface area contributed by atoms with Gasteiger partial charge in [0, 0.05) is 11.8 Å². The van der Waals surface area contributed by atoms with Gasteiger partial charge in [-0.1, -0.05) is 26.7 Å². The summed E-state index contributed by atoms with van der Waals surface area (Å²) in [6, 6.07) is 0.794. The average Bonchev–Trinajstić information content (AvgIpc) is 2.66. The lowest BCUT2D eigenvalue weighted by molar-refractivity contribution is 0.259. The highest BCUT2D eigenvalue weighted by Gasteiger charge is 2.32. The van der Waals surface area contributed by atoms with Crippen LogP contribution in [0.2, 0.25) is 0 Å². The van der Waals surface area contributed by atoms with Crippen LogP contribution >= 0.6 is 11.8 Å². The fourth-order valence-electron chi connectivity index (χ4n) is 2.81. The van der Waals surface area contributed by atoms with Crippen LogP contribution in [0, 0.1) is 11.8 Å². The average molecular weight is 213 g/mol. The Hall–Kier alpha value is 0.310. The summed E-state index contributed by atoms with van der Waals surface area (Å²) in [4.78, 5) is 0. The van der Waals surface area contributed by atoms with Crippen LogP contribution in [0.4, 0.5) is 0 Å². The van der Waals surface area contributed by atoms with E-state index in [-0.39, 0.29) is 0 Å². The van der Waals surface area contributed by atoms with Gasteiger partial charge in [-0.25, -0.2) is 0 Å². The minimum atomic E-state index is 0.780. The summed E-state index contributed by atoms with van der Waals surface area (Å²) in [5, 5.41) is 4.57. The number of nitrogens with one attached hydrogen (secondary N) is 1. The molecule has 0 spiro atoms. The number of hydrogen-bond donors (Lipinski definition) is 1. The molecule has 0 bridgehead atoms. The van der Waals surface area contributed by atoms with E-state index in [4.69, 9.17) is 0 Å². The molecule has 1 aliphatic carbocycles. The molecule has 1 aliphatic heterocycles. The van der Waals surface area contributed by atoms with E-state index in [2.05, 4.69) is 30.9 Å². The minimum absolute atomic E-state index is 0.780. The summed E-state index contributed by atoms with van der Waals surface area (Å²) in [7, 11) is 0. The predicted octanol–water partition coefficient (Wildman–Crippen LogP) is 3.25. The van der Waals surface area contributed by atoms with Crippen molar-refractivity contribution in [2.24, 2.45) is 11.8 Å². The van der Waals surface area contributed by atoms with Crippen molar-refractivity contribution >= 4 is 11.8 Å². The summed E-state index contributed by atoms with van der Waals surface area (Å²) >= 11 is 2.17. The van der Waals surface area contributed by atoms with Gasteiger partial charge in [-0.3, -0.25) is 0 Å². The summed E-state index contributed by atoms with van der Waals surface area (Å²) in [6.45, 7) is 4.72. The highest BCUT2D eigenvalue weighted by Crippen LogP contribution is 2.37. The molecule has 0 aromatic carbocycles. The zero-order chi connectivity index (χ0) is 9.97. The summed E-state index contributed by atoms with van der Waals surface area (Å²) in [5.74, 6) is 3.27. The Morgan fingerprint density at radius 1 is 1.36 bits per heavy atom. The first kappa shape index (κ1) is 10.8. The molecule has 0 radical (unpaired) electrons. The van der Waals surface area contributed by atoms with Crippen LogP contribution in [-0.2, 0) is 0 Å². The predicted molar refractivity (Wildman–Crippen MR) is 64.6 cm³/mol. The third kappa shape index (κ3) is 2.46. The Bertz CT molecular complexity index is 183. The molecule has 2 heteroatoms. The van der Waals surface area contributed by atoms with Crippen molar-refractivity contribution in [2.75, 3.05) is 5.75 Å². The lowest BCUT2D eigenvalue weighted by Gasteiger charge is -2.31. The van der Waals surface area contributed by atoms with Gasteiger partial charge < -0.3 is 5.32 Å². The third-order valence-electron chi connectivity index (χ3n) is 3.77. The minimum Gasteiger partial charge on any atom is -0.301 e. The van der Waals surface area contributed by atoms with Gasteiger partial charge in [0.2, 0.25) is 0 Å². The topological polar surface area (TPSA) is 12.0 Å². The van der Waals surface area contributed by atoms with Crippen molar-refractivity contribution in [1.29, 1.82) is 0 Å². The zero-order valence-corrected chi connectivity index (χ0v) is 10.3. The normalized spacial score (nSPS) is 44.1. The Balaban J connectivity index is 1.83. The molecular formula is C12H23NS. The lowest BCUT2D eigenvalue weighted by atomic mass is 9.82. The fourth-order valence-corrected chi connectivity index (χ4v) is 4.39. The number of thioether (sulfide) groups is 1. The van der Waals surface area contributed by atoms with Gasteiger partial charge in [0.1, 0.15) is 0 Å². The van der Waals surface area contributed by atoms with Crippen molar-refractivity contribution in [2.45, 2.75) is 57.4 Å². The van der Waals surface area contributed by atoms with Crippen LogP contribution in [0.15, 0.2) is 0 Å². The Morgan fingerprint density at radius 2 is 2.21 bits per heavy atom. The molecule has 0 aromatic heterocycles. The third-order valence-corrected chi connectivity index (χ3v) is 5.25. The van der Waals surface area contributed by atoms with Crippen molar-refractivity contribution in [1.82, 2.24) is 5.32 Å². The quantitative estimate of drug-likeness (QED) is 0.755. The van der Waals surface area contributed by atoms with Gasteiger partial charge >= 0.3 is 0 Å². The molecular weight excluding hydrogens is 190 g/mol. The maximum atomic E-state index is 3.79. The lowest BCUT2D eigenvalue weighted by Crippen LogP contribution is -2.36. The van der Waals surface area contributed by atoms with Crippen molar-refractivity contribution in [3.05, 3.63) is 0 Å². The number of hydrogen-bond acceptors (Lipinski definition) is 2. The molecule has 1 saturated carbocycles. The first-order valence-electron chi connectivity index (χ1n) is 6.17. The van der Waals surface area contributed by atoms with Crippen molar-refractivity contribution in [3.63, 3.8) is 0 Å². The van der Waals surface area contributed by atoms with Crippen molar-refractivity contribution < 1.29 is 0 Å². The maximum Gasteiger partial charge on any atom is 0.0563 e. The van der Waals surface area contributed by atoms with E-state index < -0.39 is 0 Å². The van der Waals surface area contributed by atoms with E-state index in [0.29, 0.717) is 0 Å². The smallest absolute Gasteiger partial charge is 0.0563 e. The van der Waals surface area contributed by atoms with Crippen LogP contribution in [0.1, 0.15) is 46.0 Å². The summed E-state index contributed by atoms with van der Waals surface area (Å²) < 4.78 is 0. The highest BCUT2D eigenvalue weighted by molar-refractivity contribution is 8.00. The molecule has 2 aliphatic rings. The molecule has 2 rings (SSSR count). The summed E-state index contributed by atoms with van der Waals surface area (Å²) in [5.41, 5.74) is 0. The molecule has 4 unspecified atom stereocenters. The highest BCUT2D eigenvalue weighted by atomic mass is 32.2. The van der Waals surface area contributed by atoms with Crippen LogP contribution in [0.3, 0.4) is 0 Å². The Morgan fingerprint density at radius 3 is 2.86 bits per heavy atom. The molecule has 82 valence electrons. The van der Waals surface area contributed by atoms with Crippen LogP contribution < -0.4 is 5.32 Å². The summed E-state index contributed by atoms with van der Waals surface area (Å²) in [6.07, 6.45) is 7.14. The molecule has 2 fully saturated rings. The second kappa shape index (κ2) is 4.89. The Labute approximate surface area is 92.4 Å². The van der Waals surface area contributed by atoms with E-state index in [0.717, 1.165) is 23.3 Å². The molecule has 1 saturated heterocycles. The fraction of sp³-hybridized carbons (Fsp3) is 1.00. The van der Waals surface area contributed by atoms with Gasteiger partial charge in [-0.05, 0) is 31.1 Å². The maximum absolute atomic E-state index is 3.79. The largest absolute Gasteiger partial charge is 0.301 e. The van der Waals surface area contributed by atoms with E-state index in [1.54, 1.807) is 0 Å². The standard InChI is InChI=1S/C12H23NS/c1-3-11-8-14-12(13-11)10-6-4-5-9(2)7-10/h9-13H,3-8H2,1-2H3. The van der Waals surface area contributed by atoms with Gasteiger partial charge in [-0.2, -0.15) is 0 Å². The molecule has 1 N–H and O–H groups in total. The van der Waals surface area contributed by atoms with E-state index in [9.17, 15) is 0 Å². The molecule has 1 heterocycles. The van der Waals surface area contributed by atoms with Crippen LogP contribution in [-0.4, -0.2) is 17.2 Å². The van der Waals surface area contributed by atoms with E-state index >= 15 is 0 Å². The SMILES string of the molecule is CCC1CSC(C2CCCC(C)C2)N1. The van der Waals surface area contributed by atoms with Crippen LogP contribution in [0.5, 0.6) is 0 Å². The molecule has 4 atom stereocenters. The van der Waals surface area contributed by atoms with Crippen LogP contribution in [0.25, 0.3) is 0 Å². The van der Waals surface area contributed by atoms with E-state index in [1.807, 2.05) is 0 Å². The Kier molecular flexibility index (Phi) is 3.78. The first-order chi connectivity index (χ1) is 6.79.